The normalized spacial score (nSPS) is 15.8. The van der Waals surface area contributed by atoms with Crippen molar-refractivity contribution in [3.05, 3.63) is 23.4 Å². The minimum Gasteiger partial charge on any atom is -0.384 e. The standard InChI is InChI=1S/C10H12N2O/c1-6(13)8-4-9(7-2-3-7)12-10(11)5-8/h4-5,7H,2-3H2,1H3,(H2,11,12). The van der Waals surface area contributed by atoms with Gasteiger partial charge in [-0.05, 0) is 31.9 Å². The van der Waals surface area contributed by atoms with Gasteiger partial charge in [0.05, 0.1) is 0 Å². The maximum atomic E-state index is 11.1. The molecule has 0 unspecified atom stereocenters. The van der Waals surface area contributed by atoms with Gasteiger partial charge in [-0.15, -0.1) is 0 Å². The van der Waals surface area contributed by atoms with Crippen LogP contribution in [0.1, 0.15) is 41.7 Å². The molecule has 1 aliphatic carbocycles. The Labute approximate surface area is 77.0 Å². The summed E-state index contributed by atoms with van der Waals surface area (Å²) >= 11 is 0. The number of hydrogen-bond donors (Lipinski definition) is 1. The summed E-state index contributed by atoms with van der Waals surface area (Å²) < 4.78 is 0. The fraction of sp³-hybridized carbons (Fsp3) is 0.400. The highest BCUT2D eigenvalue weighted by molar-refractivity contribution is 5.94. The van der Waals surface area contributed by atoms with Crippen LogP contribution in [0.15, 0.2) is 12.1 Å². The number of ketones is 1. The van der Waals surface area contributed by atoms with Gasteiger partial charge in [0.15, 0.2) is 5.78 Å². The second kappa shape index (κ2) is 2.83. The van der Waals surface area contributed by atoms with Crippen molar-refractivity contribution >= 4 is 11.6 Å². The number of Topliss-reactive ketones (excluding diaryl/α,β-unsaturated/α-hetero) is 1. The number of nitrogens with zero attached hydrogens (tertiary/aromatic N) is 1. The average Bonchev–Trinajstić information content (AvgIpc) is 2.85. The molecule has 0 radical (unpaired) electrons. The molecule has 3 heteroatoms. The third-order valence-corrected chi connectivity index (χ3v) is 2.27. The molecular weight excluding hydrogens is 164 g/mol. The lowest BCUT2D eigenvalue weighted by Gasteiger charge is -2.02. The molecule has 13 heavy (non-hydrogen) atoms. The first-order valence-corrected chi connectivity index (χ1v) is 4.45. The Morgan fingerprint density at radius 2 is 2.23 bits per heavy atom. The predicted octanol–water partition coefficient (Wildman–Crippen LogP) is 1.74. The molecule has 2 rings (SSSR count). The van der Waals surface area contributed by atoms with Gasteiger partial charge in [0, 0.05) is 17.2 Å². The SMILES string of the molecule is CC(=O)c1cc(N)nc(C2CC2)c1. The highest BCUT2D eigenvalue weighted by Crippen LogP contribution is 2.39. The van der Waals surface area contributed by atoms with E-state index in [9.17, 15) is 4.79 Å². The number of carbonyl (C=O) groups excluding carboxylic acids is 1. The Morgan fingerprint density at radius 3 is 2.77 bits per heavy atom. The van der Waals surface area contributed by atoms with Crippen LogP contribution in [-0.2, 0) is 0 Å². The van der Waals surface area contributed by atoms with Crippen LogP contribution in [0.25, 0.3) is 0 Å². The molecule has 1 heterocycles. The molecule has 1 aromatic heterocycles. The maximum Gasteiger partial charge on any atom is 0.160 e. The van der Waals surface area contributed by atoms with Crippen molar-refractivity contribution in [3.63, 3.8) is 0 Å². The number of nitrogen functional groups attached to an aromatic ring is 1. The molecule has 0 spiro atoms. The van der Waals surface area contributed by atoms with Crippen LogP contribution in [0, 0.1) is 0 Å². The van der Waals surface area contributed by atoms with Crippen molar-refractivity contribution in [2.45, 2.75) is 25.7 Å². The number of aromatic nitrogens is 1. The van der Waals surface area contributed by atoms with Crippen LogP contribution in [0.5, 0.6) is 0 Å². The van der Waals surface area contributed by atoms with E-state index in [0.717, 1.165) is 5.69 Å². The number of nitrogens with two attached hydrogens (primary N) is 1. The summed E-state index contributed by atoms with van der Waals surface area (Å²) in [6.07, 6.45) is 2.35. The number of pyridine rings is 1. The molecule has 2 N–H and O–H groups in total. The van der Waals surface area contributed by atoms with Crippen LogP contribution in [0.2, 0.25) is 0 Å². The number of hydrogen-bond acceptors (Lipinski definition) is 3. The van der Waals surface area contributed by atoms with E-state index < -0.39 is 0 Å². The van der Waals surface area contributed by atoms with Crippen molar-refractivity contribution in [1.82, 2.24) is 4.98 Å². The minimum atomic E-state index is 0.0519. The maximum absolute atomic E-state index is 11.1. The third kappa shape index (κ3) is 1.69. The molecule has 0 bridgehead atoms. The third-order valence-electron chi connectivity index (χ3n) is 2.27. The van der Waals surface area contributed by atoms with Gasteiger partial charge in [-0.25, -0.2) is 4.98 Å². The van der Waals surface area contributed by atoms with E-state index in [0.29, 0.717) is 17.3 Å². The lowest BCUT2D eigenvalue weighted by Crippen LogP contribution is -2.00. The fourth-order valence-electron chi connectivity index (χ4n) is 1.37. The average molecular weight is 176 g/mol. The smallest absolute Gasteiger partial charge is 0.160 e. The highest BCUT2D eigenvalue weighted by atomic mass is 16.1. The van der Waals surface area contributed by atoms with Crippen LogP contribution in [0.4, 0.5) is 5.82 Å². The Bertz CT molecular complexity index is 356. The molecular formula is C10H12N2O. The Balaban J connectivity index is 2.41. The predicted molar refractivity (Wildman–Crippen MR) is 50.6 cm³/mol. The van der Waals surface area contributed by atoms with Gasteiger partial charge in [0.2, 0.25) is 0 Å². The molecule has 1 saturated carbocycles. The quantitative estimate of drug-likeness (QED) is 0.698. The molecule has 0 atom stereocenters. The molecule has 1 aromatic rings. The zero-order valence-corrected chi connectivity index (χ0v) is 7.58. The zero-order valence-electron chi connectivity index (χ0n) is 7.58. The minimum absolute atomic E-state index is 0.0519. The van der Waals surface area contributed by atoms with Gasteiger partial charge in [0.1, 0.15) is 5.82 Å². The molecule has 1 fully saturated rings. The first-order chi connectivity index (χ1) is 6.16. The van der Waals surface area contributed by atoms with Crippen LogP contribution in [0.3, 0.4) is 0 Å². The summed E-state index contributed by atoms with van der Waals surface area (Å²) in [4.78, 5) is 15.3. The van der Waals surface area contributed by atoms with Gasteiger partial charge in [-0.1, -0.05) is 0 Å². The Kier molecular flexibility index (Phi) is 1.79. The molecule has 0 saturated heterocycles. The van der Waals surface area contributed by atoms with Gasteiger partial charge in [-0.3, -0.25) is 4.79 Å². The summed E-state index contributed by atoms with van der Waals surface area (Å²) in [6, 6.07) is 3.49. The van der Waals surface area contributed by atoms with Crippen molar-refractivity contribution in [2.75, 3.05) is 5.73 Å². The van der Waals surface area contributed by atoms with Crippen LogP contribution >= 0.6 is 0 Å². The van der Waals surface area contributed by atoms with Crippen LogP contribution < -0.4 is 5.73 Å². The fourth-order valence-corrected chi connectivity index (χ4v) is 1.37. The Hall–Kier alpha value is -1.38. The monoisotopic (exact) mass is 176 g/mol. The van der Waals surface area contributed by atoms with Gasteiger partial charge < -0.3 is 5.73 Å². The highest BCUT2D eigenvalue weighted by Gasteiger charge is 2.25. The molecule has 0 aromatic carbocycles. The molecule has 68 valence electrons. The summed E-state index contributed by atoms with van der Waals surface area (Å²) in [6.45, 7) is 1.55. The van der Waals surface area contributed by atoms with Crippen molar-refractivity contribution < 1.29 is 4.79 Å². The van der Waals surface area contributed by atoms with E-state index in [4.69, 9.17) is 5.73 Å². The lowest BCUT2D eigenvalue weighted by atomic mass is 10.1. The molecule has 0 aliphatic heterocycles. The first-order valence-electron chi connectivity index (χ1n) is 4.45. The Morgan fingerprint density at radius 1 is 1.54 bits per heavy atom. The van der Waals surface area contributed by atoms with Gasteiger partial charge in [-0.2, -0.15) is 0 Å². The largest absolute Gasteiger partial charge is 0.384 e. The molecule has 1 aliphatic rings. The molecule has 3 nitrogen and oxygen atoms in total. The van der Waals surface area contributed by atoms with Crippen LogP contribution in [-0.4, -0.2) is 10.8 Å². The second-order valence-corrected chi connectivity index (χ2v) is 3.54. The summed E-state index contributed by atoms with van der Waals surface area (Å²) in [5.74, 6) is 1.05. The lowest BCUT2D eigenvalue weighted by molar-refractivity contribution is 0.101. The van der Waals surface area contributed by atoms with Gasteiger partial charge in [0.25, 0.3) is 0 Å². The van der Waals surface area contributed by atoms with Crippen molar-refractivity contribution in [2.24, 2.45) is 0 Å². The van der Waals surface area contributed by atoms with E-state index in [1.54, 1.807) is 13.0 Å². The topological polar surface area (TPSA) is 56.0 Å². The summed E-state index contributed by atoms with van der Waals surface area (Å²) in [5, 5.41) is 0. The second-order valence-electron chi connectivity index (χ2n) is 3.54. The van der Waals surface area contributed by atoms with Gasteiger partial charge >= 0.3 is 0 Å². The van der Waals surface area contributed by atoms with E-state index in [-0.39, 0.29) is 5.78 Å². The zero-order chi connectivity index (χ0) is 9.42. The van der Waals surface area contributed by atoms with E-state index >= 15 is 0 Å². The number of anilines is 1. The number of rotatable bonds is 2. The van der Waals surface area contributed by atoms with E-state index in [2.05, 4.69) is 4.98 Å². The summed E-state index contributed by atoms with van der Waals surface area (Å²) in [7, 11) is 0. The number of carbonyl (C=O) groups is 1. The summed E-state index contributed by atoms with van der Waals surface area (Å²) in [5.41, 5.74) is 7.25. The van der Waals surface area contributed by atoms with E-state index in [1.807, 2.05) is 6.07 Å². The van der Waals surface area contributed by atoms with E-state index in [1.165, 1.54) is 12.8 Å². The first kappa shape index (κ1) is 8.23. The van der Waals surface area contributed by atoms with Crippen molar-refractivity contribution in [1.29, 1.82) is 0 Å². The van der Waals surface area contributed by atoms with Crippen molar-refractivity contribution in [3.8, 4) is 0 Å². The molecule has 0 amide bonds.